The van der Waals surface area contributed by atoms with Gasteiger partial charge in [-0.25, -0.2) is 0 Å². The Kier molecular flexibility index (Phi) is 11.1. The van der Waals surface area contributed by atoms with Crippen molar-refractivity contribution < 1.29 is 65.5 Å². The summed E-state index contributed by atoms with van der Waals surface area (Å²) in [5.41, 5.74) is -2.97. The second kappa shape index (κ2) is 9.28. The number of hydrogen-bond donors (Lipinski definition) is 2. The van der Waals surface area contributed by atoms with E-state index in [1.807, 2.05) is 0 Å². The molecule has 11 nitrogen and oxygen atoms in total. The van der Waals surface area contributed by atoms with Crippen molar-refractivity contribution in [1.29, 1.82) is 0 Å². The topological polar surface area (TPSA) is 204 Å². The van der Waals surface area contributed by atoms with Crippen molar-refractivity contribution in [2.75, 3.05) is 0 Å². The van der Waals surface area contributed by atoms with Gasteiger partial charge in [0.1, 0.15) is 5.60 Å². The molecule has 0 aromatic rings. The van der Waals surface area contributed by atoms with Crippen LogP contribution in [0.1, 0.15) is 12.8 Å². The number of aliphatic hydroxyl groups is 1. The van der Waals surface area contributed by atoms with Gasteiger partial charge >= 0.3 is 0 Å². The molecule has 18 heavy (non-hydrogen) atoms. The first-order valence-electron chi connectivity index (χ1n) is 3.68. The molecule has 0 radical (unpaired) electrons. The van der Waals surface area contributed by atoms with Crippen LogP contribution in [-0.4, -0.2) is 38.9 Å². The van der Waals surface area contributed by atoms with Crippen LogP contribution in [-0.2, 0) is 34.8 Å². The van der Waals surface area contributed by atoms with Gasteiger partial charge in [-0.3, -0.25) is 0 Å². The van der Waals surface area contributed by atoms with Gasteiger partial charge in [-0.15, -0.1) is 10.1 Å². The number of rotatable bonds is 5. The van der Waals surface area contributed by atoms with Crippen LogP contribution in [0.15, 0.2) is 0 Å². The summed E-state index contributed by atoms with van der Waals surface area (Å²) in [7, 11) is 0. The van der Waals surface area contributed by atoms with E-state index < -0.39 is 41.4 Å². The zero-order valence-electron chi connectivity index (χ0n) is 8.34. The molecule has 12 heteroatoms. The van der Waals surface area contributed by atoms with E-state index in [0.29, 0.717) is 0 Å². The minimum Gasteiger partial charge on any atom is -0.550 e. The Morgan fingerprint density at radius 1 is 1.06 bits per heavy atom. The fraction of sp³-hybridized carbons (Fsp3) is 0.500. The molecular formula is C6H6NO10Pd-3. The molecule has 0 rings (SSSR count). The maximum atomic E-state index is 10.1. The number of carboxylic acids is 3. The third-order valence-corrected chi connectivity index (χ3v) is 1.25. The maximum Gasteiger partial charge on any atom is 0.291 e. The average Bonchev–Trinajstić information content (AvgIpc) is 1.98. The number of nitrogens with zero attached hydrogens (tertiary/aromatic N) is 1. The molecule has 0 aliphatic heterocycles. The molecule has 2 N–H and O–H groups in total. The summed E-state index contributed by atoms with van der Waals surface area (Å²) in [5.74, 6) is -5.98. The van der Waals surface area contributed by atoms with Crippen molar-refractivity contribution in [3.63, 3.8) is 0 Å². The minimum absolute atomic E-state index is 0. The predicted molar refractivity (Wildman–Crippen MR) is 38.0 cm³/mol. The molecule has 0 aliphatic carbocycles. The SMILES string of the molecule is O=C([O-])CC(O)(CC(=O)[O-])C(=O)[O-].O=[N+]([O-])O.[Pd]. The largest absolute Gasteiger partial charge is 0.550 e. The summed E-state index contributed by atoms with van der Waals surface area (Å²) in [4.78, 5) is 38.4. The van der Waals surface area contributed by atoms with Gasteiger partial charge in [-0.05, 0) is 0 Å². The third kappa shape index (κ3) is 12.3. The predicted octanol–water partition coefficient (Wildman–Crippen LogP) is -5.60. The average molecular weight is 359 g/mol. The molecule has 0 atom stereocenters. The van der Waals surface area contributed by atoms with Crippen LogP contribution in [0.4, 0.5) is 0 Å². The molecule has 0 bridgehead atoms. The first-order chi connectivity index (χ1) is 7.51. The third-order valence-electron chi connectivity index (χ3n) is 1.25. The van der Waals surface area contributed by atoms with Gasteiger partial charge in [0.2, 0.25) is 0 Å². The minimum atomic E-state index is -2.97. The molecule has 0 aromatic carbocycles. The van der Waals surface area contributed by atoms with Crippen LogP contribution in [0.2, 0.25) is 0 Å². The van der Waals surface area contributed by atoms with E-state index >= 15 is 0 Å². The fourth-order valence-electron chi connectivity index (χ4n) is 0.684. The van der Waals surface area contributed by atoms with Crippen molar-refractivity contribution in [3.8, 4) is 0 Å². The van der Waals surface area contributed by atoms with Gasteiger partial charge < -0.3 is 40.0 Å². The summed E-state index contributed by atoms with van der Waals surface area (Å²) >= 11 is 0. The molecular weight excluding hydrogens is 352 g/mol. The molecule has 0 amide bonds. The number of carboxylic acid groups (broad SMARTS) is 3. The van der Waals surface area contributed by atoms with E-state index in [9.17, 15) is 29.7 Å². The van der Waals surface area contributed by atoms with Gasteiger partial charge in [0.05, 0.1) is 5.97 Å². The molecule has 0 spiro atoms. The van der Waals surface area contributed by atoms with Crippen LogP contribution in [0.5, 0.6) is 0 Å². The van der Waals surface area contributed by atoms with Crippen LogP contribution in [0.25, 0.3) is 0 Å². The Morgan fingerprint density at radius 2 is 1.28 bits per heavy atom. The molecule has 0 saturated carbocycles. The van der Waals surface area contributed by atoms with Crippen LogP contribution >= 0.6 is 0 Å². The van der Waals surface area contributed by atoms with Gasteiger partial charge in [-0.2, -0.15) is 0 Å². The zero-order chi connectivity index (χ0) is 14.2. The number of carbonyl (C=O) groups excluding carboxylic acids is 3. The summed E-state index contributed by atoms with van der Waals surface area (Å²) in [5, 5.41) is 52.6. The van der Waals surface area contributed by atoms with Crippen molar-refractivity contribution in [1.82, 2.24) is 0 Å². The summed E-state index contributed by atoms with van der Waals surface area (Å²) < 4.78 is 0. The first kappa shape index (κ1) is 21.5. The van der Waals surface area contributed by atoms with Crippen molar-refractivity contribution in [3.05, 3.63) is 10.1 Å². The Morgan fingerprint density at radius 3 is 1.39 bits per heavy atom. The number of hydrogen-bond acceptors (Lipinski definition) is 9. The Bertz CT molecular complexity index is 308. The van der Waals surface area contributed by atoms with E-state index in [-0.39, 0.29) is 20.4 Å². The molecule has 0 unspecified atom stereocenters. The smallest absolute Gasteiger partial charge is 0.291 e. The number of aliphatic carboxylic acids is 3. The quantitative estimate of drug-likeness (QED) is 0.270. The van der Waals surface area contributed by atoms with Crippen molar-refractivity contribution in [2.24, 2.45) is 0 Å². The first-order valence-corrected chi connectivity index (χ1v) is 3.68. The Hall–Kier alpha value is -1.77. The molecule has 108 valence electrons. The van der Waals surface area contributed by atoms with E-state index in [1.165, 1.54) is 0 Å². The molecule has 0 aliphatic rings. The van der Waals surface area contributed by atoms with Gasteiger partial charge in [0, 0.05) is 45.2 Å². The standard InChI is InChI=1S/C6H8O7.HNO3.Pd/c7-3(8)1-6(13,5(11)12)2-4(9)10;2-1(3)4;/h13H,1-2H2,(H,7,8)(H,9,10)(H,11,12);(H,2,3,4);/p-3. The summed E-state index contributed by atoms with van der Waals surface area (Å²) in [6.07, 6.45) is -2.72. The normalized spacial score (nSPS) is 9.17. The van der Waals surface area contributed by atoms with Gasteiger partial charge in [0.15, 0.2) is 0 Å². The molecule has 0 aromatic heterocycles. The monoisotopic (exact) mass is 358 g/mol. The van der Waals surface area contributed by atoms with E-state index in [2.05, 4.69) is 0 Å². The van der Waals surface area contributed by atoms with Crippen molar-refractivity contribution in [2.45, 2.75) is 18.4 Å². The summed E-state index contributed by atoms with van der Waals surface area (Å²) in [6, 6.07) is 0. The van der Waals surface area contributed by atoms with Crippen molar-refractivity contribution >= 4 is 17.9 Å². The van der Waals surface area contributed by atoms with Crippen LogP contribution in [0, 0.1) is 10.1 Å². The molecule has 0 fully saturated rings. The molecule has 0 heterocycles. The summed E-state index contributed by atoms with van der Waals surface area (Å²) in [6.45, 7) is 0. The Balaban J connectivity index is -0.000000392. The van der Waals surface area contributed by atoms with Gasteiger partial charge in [0.25, 0.3) is 5.09 Å². The van der Waals surface area contributed by atoms with Crippen LogP contribution in [0.3, 0.4) is 0 Å². The van der Waals surface area contributed by atoms with Gasteiger partial charge in [-0.1, -0.05) is 0 Å². The van der Waals surface area contributed by atoms with Crippen LogP contribution < -0.4 is 15.3 Å². The van der Waals surface area contributed by atoms with E-state index in [1.54, 1.807) is 0 Å². The number of carbonyl (C=O) groups is 3. The maximum absolute atomic E-state index is 10.1. The Labute approximate surface area is 112 Å². The van der Waals surface area contributed by atoms with E-state index in [4.69, 9.17) is 20.4 Å². The van der Waals surface area contributed by atoms with E-state index in [0.717, 1.165) is 0 Å². The zero-order valence-corrected chi connectivity index (χ0v) is 9.89. The molecule has 0 saturated heterocycles. The second-order valence-electron chi connectivity index (χ2n) is 2.65. The second-order valence-corrected chi connectivity index (χ2v) is 2.65. The fourth-order valence-corrected chi connectivity index (χ4v) is 0.684.